The minimum Gasteiger partial charge on any atom is -0.212 e. The number of thioether (sulfide) groups is 1. The van der Waals surface area contributed by atoms with Crippen LogP contribution in [0, 0.1) is 0 Å². The van der Waals surface area contributed by atoms with Crippen molar-refractivity contribution in [1.82, 2.24) is 4.31 Å². The summed E-state index contributed by atoms with van der Waals surface area (Å²) >= 11 is 13.6. The number of rotatable bonds is 4. The highest BCUT2D eigenvalue weighted by molar-refractivity contribution is 8.00. The minimum atomic E-state index is -4.46. The molecule has 0 saturated carbocycles. The van der Waals surface area contributed by atoms with E-state index in [9.17, 15) is 21.6 Å². The topological polar surface area (TPSA) is 37.4 Å². The largest absolute Gasteiger partial charge is 0.416 e. The Morgan fingerprint density at radius 1 is 1.11 bits per heavy atom. The molecule has 0 radical (unpaired) electrons. The van der Waals surface area contributed by atoms with Gasteiger partial charge in [-0.3, -0.25) is 0 Å². The molecule has 0 aliphatic carbocycles. The van der Waals surface area contributed by atoms with Crippen LogP contribution in [0.5, 0.6) is 0 Å². The van der Waals surface area contributed by atoms with Crippen LogP contribution in [0.15, 0.2) is 42.5 Å². The van der Waals surface area contributed by atoms with Gasteiger partial charge in [0.1, 0.15) is 0 Å². The lowest BCUT2D eigenvalue weighted by atomic mass is 10.1. The molecule has 0 N–H and O–H groups in total. The summed E-state index contributed by atoms with van der Waals surface area (Å²) in [6.45, 7) is 0.303. The zero-order chi connectivity index (χ0) is 19.8. The molecule has 1 heterocycles. The molecule has 0 bridgehead atoms. The third-order valence-electron chi connectivity index (χ3n) is 4.07. The van der Waals surface area contributed by atoms with Crippen LogP contribution in [0.25, 0.3) is 0 Å². The highest BCUT2D eigenvalue weighted by Crippen LogP contribution is 2.43. The van der Waals surface area contributed by atoms with Gasteiger partial charge >= 0.3 is 6.18 Å². The van der Waals surface area contributed by atoms with E-state index in [0.29, 0.717) is 33.5 Å². The highest BCUT2D eigenvalue weighted by atomic mass is 35.5. The van der Waals surface area contributed by atoms with Gasteiger partial charge in [-0.2, -0.15) is 17.5 Å². The Morgan fingerprint density at radius 3 is 2.37 bits per heavy atom. The van der Waals surface area contributed by atoms with Crippen LogP contribution in [0.1, 0.15) is 22.1 Å². The van der Waals surface area contributed by atoms with Crippen LogP contribution in [0.3, 0.4) is 0 Å². The van der Waals surface area contributed by atoms with Gasteiger partial charge < -0.3 is 0 Å². The van der Waals surface area contributed by atoms with Crippen molar-refractivity contribution < 1.29 is 21.6 Å². The third kappa shape index (κ3) is 4.74. The molecule has 1 saturated heterocycles. The minimum absolute atomic E-state index is 0.292. The quantitative estimate of drug-likeness (QED) is 0.602. The van der Waals surface area contributed by atoms with Crippen LogP contribution >= 0.6 is 35.0 Å². The second-order valence-electron chi connectivity index (χ2n) is 5.95. The van der Waals surface area contributed by atoms with Gasteiger partial charge in [-0.15, -0.1) is 11.8 Å². The van der Waals surface area contributed by atoms with E-state index in [2.05, 4.69) is 0 Å². The van der Waals surface area contributed by atoms with Crippen molar-refractivity contribution in [2.24, 2.45) is 0 Å². The van der Waals surface area contributed by atoms with E-state index in [1.807, 2.05) is 0 Å². The second-order valence-corrected chi connectivity index (χ2v) is 9.90. The Labute approximate surface area is 169 Å². The number of benzene rings is 2. The maximum Gasteiger partial charge on any atom is 0.416 e. The molecule has 2 aromatic carbocycles. The van der Waals surface area contributed by atoms with E-state index >= 15 is 0 Å². The van der Waals surface area contributed by atoms with Gasteiger partial charge in [0.05, 0.1) is 16.7 Å². The first-order valence-corrected chi connectivity index (χ1v) is 11.2. The Morgan fingerprint density at radius 2 is 1.78 bits per heavy atom. The molecule has 1 fully saturated rings. The Hall–Kier alpha value is -0.930. The zero-order valence-corrected chi connectivity index (χ0v) is 16.9. The van der Waals surface area contributed by atoms with Gasteiger partial charge in [-0.05, 0) is 35.4 Å². The molecule has 146 valence electrons. The molecule has 1 aliphatic heterocycles. The van der Waals surface area contributed by atoms with Gasteiger partial charge in [0.15, 0.2) is 0 Å². The van der Waals surface area contributed by atoms with E-state index in [4.69, 9.17) is 23.2 Å². The van der Waals surface area contributed by atoms with Gasteiger partial charge in [0.2, 0.25) is 10.0 Å². The number of hydrogen-bond acceptors (Lipinski definition) is 3. The van der Waals surface area contributed by atoms with Crippen LogP contribution in [-0.4, -0.2) is 25.0 Å². The van der Waals surface area contributed by atoms with Crippen molar-refractivity contribution in [2.45, 2.75) is 17.3 Å². The molecular weight excluding hydrogens is 442 g/mol. The summed E-state index contributed by atoms with van der Waals surface area (Å²) in [6, 6.07) is 9.03. The number of nitrogens with zero attached hydrogens (tertiary/aromatic N) is 1. The molecule has 3 nitrogen and oxygen atoms in total. The SMILES string of the molecule is O=S(=O)(Cc1ccc(C(F)(F)F)cc1)N1CCSC1c1ccc(Cl)cc1Cl. The summed E-state index contributed by atoms with van der Waals surface area (Å²) in [7, 11) is -3.75. The van der Waals surface area contributed by atoms with E-state index in [0.717, 1.165) is 12.1 Å². The third-order valence-corrected chi connectivity index (χ3v) is 7.81. The number of halogens is 5. The lowest BCUT2D eigenvalue weighted by Gasteiger charge is -2.24. The molecule has 2 aromatic rings. The summed E-state index contributed by atoms with van der Waals surface area (Å²) in [4.78, 5) is 0. The summed E-state index contributed by atoms with van der Waals surface area (Å²) in [6.07, 6.45) is -4.46. The highest BCUT2D eigenvalue weighted by Gasteiger charge is 2.37. The van der Waals surface area contributed by atoms with Gasteiger partial charge in [-0.1, -0.05) is 41.4 Å². The average Bonchev–Trinajstić information content (AvgIpc) is 3.04. The first kappa shape index (κ1) is 20.8. The average molecular weight is 456 g/mol. The molecule has 1 unspecified atom stereocenters. The molecule has 1 aliphatic rings. The first-order chi connectivity index (χ1) is 12.6. The molecular formula is C17H14Cl2F3NO2S2. The van der Waals surface area contributed by atoms with Crippen molar-refractivity contribution in [3.8, 4) is 0 Å². The van der Waals surface area contributed by atoms with E-state index < -0.39 is 27.1 Å². The van der Waals surface area contributed by atoms with Crippen molar-refractivity contribution in [2.75, 3.05) is 12.3 Å². The maximum atomic E-state index is 12.9. The van der Waals surface area contributed by atoms with E-state index in [-0.39, 0.29) is 5.75 Å². The van der Waals surface area contributed by atoms with Crippen molar-refractivity contribution in [3.05, 3.63) is 69.2 Å². The monoisotopic (exact) mass is 455 g/mol. The standard InChI is InChI=1S/C17H14Cl2F3NO2S2/c18-13-5-6-14(15(19)9-13)16-23(7-8-26-16)27(24,25)10-11-1-3-12(4-2-11)17(20,21)22/h1-6,9,16H,7-8,10H2. The molecule has 10 heteroatoms. The normalized spacial score (nSPS) is 18.8. The zero-order valence-electron chi connectivity index (χ0n) is 13.7. The Bertz CT molecular complexity index is 934. The summed E-state index contributed by atoms with van der Waals surface area (Å²) in [5, 5.41) is 0.330. The van der Waals surface area contributed by atoms with Crippen molar-refractivity contribution in [3.63, 3.8) is 0 Å². The van der Waals surface area contributed by atoms with E-state index in [1.165, 1.54) is 28.2 Å². The molecule has 0 amide bonds. The molecule has 1 atom stereocenters. The van der Waals surface area contributed by atoms with Crippen LogP contribution in [-0.2, 0) is 22.0 Å². The number of alkyl halides is 3. The summed E-state index contributed by atoms with van der Waals surface area (Å²) in [5.41, 5.74) is 0.117. The van der Waals surface area contributed by atoms with Gasteiger partial charge in [-0.25, -0.2) is 8.42 Å². The summed E-state index contributed by atoms with van der Waals surface area (Å²) < 4.78 is 65.0. The fourth-order valence-electron chi connectivity index (χ4n) is 2.77. The first-order valence-electron chi connectivity index (χ1n) is 7.80. The summed E-state index contributed by atoms with van der Waals surface area (Å²) in [5.74, 6) is 0.212. The molecule has 0 spiro atoms. The lowest BCUT2D eigenvalue weighted by Crippen LogP contribution is -2.31. The van der Waals surface area contributed by atoms with Crippen molar-refractivity contribution >= 4 is 45.0 Å². The van der Waals surface area contributed by atoms with Crippen LogP contribution in [0.2, 0.25) is 10.0 Å². The Kier molecular flexibility index (Phi) is 6.03. The lowest BCUT2D eigenvalue weighted by molar-refractivity contribution is -0.137. The smallest absolute Gasteiger partial charge is 0.212 e. The van der Waals surface area contributed by atoms with Crippen molar-refractivity contribution in [1.29, 1.82) is 0 Å². The van der Waals surface area contributed by atoms with Crippen LogP contribution < -0.4 is 0 Å². The maximum absolute atomic E-state index is 12.9. The molecule has 27 heavy (non-hydrogen) atoms. The fraction of sp³-hybridized carbons (Fsp3) is 0.294. The second kappa shape index (κ2) is 7.83. The van der Waals surface area contributed by atoms with Crippen LogP contribution in [0.4, 0.5) is 13.2 Å². The molecule has 3 rings (SSSR count). The Balaban J connectivity index is 1.83. The van der Waals surface area contributed by atoms with Gasteiger partial charge in [0.25, 0.3) is 0 Å². The number of hydrogen-bond donors (Lipinski definition) is 0. The van der Waals surface area contributed by atoms with E-state index in [1.54, 1.807) is 18.2 Å². The number of sulfonamides is 1. The molecule has 0 aromatic heterocycles. The van der Waals surface area contributed by atoms with Gasteiger partial charge in [0, 0.05) is 22.3 Å². The predicted molar refractivity (Wildman–Crippen MR) is 102 cm³/mol. The fourth-order valence-corrected chi connectivity index (χ4v) is 6.77. The predicted octanol–water partition coefficient (Wildman–Crippen LogP) is 5.59.